The van der Waals surface area contributed by atoms with Gasteiger partial charge < -0.3 is 5.73 Å². The standard InChI is InChI=1S/C7H8FN/c8-7-3-1-6(5-9)2-4-7/h1-4H,5,9H2/p+1/i5D2. The Morgan fingerprint density at radius 1 is 1.44 bits per heavy atom. The minimum absolute atomic E-state index is 0.363. The van der Waals surface area contributed by atoms with Gasteiger partial charge in [-0.1, -0.05) is 12.1 Å². The van der Waals surface area contributed by atoms with E-state index in [4.69, 9.17) is 2.74 Å². The van der Waals surface area contributed by atoms with Crippen molar-refractivity contribution in [2.45, 2.75) is 6.50 Å². The average molecular weight is 128 g/mol. The molecule has 0 saturated carbocycles. The second kappa shape index (κ2) is 2.60. The van der Waals surface area contributed by atoms with Crippen molar-refractivity contribution in [2.75, 3.05) is 0 Å². The molecule has 0 radical (unpaired) electrons. The smallest absolute Gasteiger partial charge is 0.123 e. The van der Waals surface area contributed by atoms with Gasteiger partial charge in [0.2, 0.25) is 0 Å². The van der Waals surface area contributed by atoms with Gasteiger partial charge in [-0.2, -0.15) is 0 Å². The second-order valence-electron chi connectivity index (χ2n) is 1.68. The first-order chi connectivity index (χ1) is 5.00. The minimum Gasteiger partial charge on any atom is -0.354 e. The molecule has 9 heavy (non-hydrogen) atoms. The Kier molecular flexibility index (Phi) is 1.16. The molecule has 3 N–H and O–H groups in total. The number of rotatable bonds is 1. The van der Waals surface area contributed by atoms with Crippen molar-refractivity contribution in [3.8, 4) is 0 Å². The van der Waals surface area contributed by atoms with Crippen LogP contribution in [-0.4, -0.2) is 0 Å². The lowest BCUT2D eigenvalue weighted by atomic mass is 10.2. The molecule has 0 heterocycles. The van der Waals surface area contributed by atoms with Crippen LogP contribution in [0.5, 0.6) is 0 Å². The van der Waals surface area contributed by atoms with Crippen LogP contribution >= 0.6 is 0 Å². The highest BCUT2D eigenvalue weighted by molar-refractivity contribution is 5.14. The van der Waals surface area contributed by atoms with Crippen LogP contribution in [0.2, 0.25) is 0 Å². The topological polar surface area (TPSA) is 27.6 Å². The van der Waals surface area contributed by atoms with Crippen LogP contribution in [0.3, 0.4) is 0 Å². The predicted octanol–water partition coefficient (Wildman–Crippen LogP) is 0.568. The van der Waals surface area contributed by atoms with Gasteiger partial charge in [-0.3, -0.25) is 0 Å². The summed E-state index contributed by atoms with van der Waals surface area (Å²) in [6.45, 7) is -1.63. The Morgan fingerprint density at radius 3 is 2.44 bits per heavy atom. The summed E-state index contributed by atoms with van der Waals surface area (Å²) in [5, 5.41) is 0. The summed E-state index contributed by atoms with van der Waals surface area (Å²) in [6.07, 6.45) is 0. The first-order valence-corrected chi connectivity index (χ1v) is 2.61. The molecule has 0 saturated heterocycles. The molecule has 0 atom stereocenters. The van der Waals surface area contributed by atoms with E-state index in [2.05, 4.69) is 5.73 Å². The normalized spacial score (nSPS) is 14.4. The van der Waals surface area contributed by atoms with Gasteiger partial charge in [0.05, 0.1) is 9.24 Å². The highest BCUT2D eigenvalue weighted by Crippen LogP contribution is 1.99. The van der Waals surface area contributed by atoms with Crippen LogP contribution in [0.25, 0.3) is 0 Å². The van der Waals surface area contributed by atoms with Crippen molar-refractivity contribution in [3.63, 3.8) is 0 Å². The summed E-state index contributed by atoms with van der Waals surface area (Å²) in [7, 11) is 0. The monoisotopic (exact) mass is 128 g/mol. The molecule has 1 nitrogen and oxygen atoms in total. The van der Waals surface area contributed by atoms with Crippen molar-refractivity contribution in [3.05, 3.63) is 35.6 Å². The molecule has 0 spiro atoms. The lowest BCUT2D eigenvalue weighted by molar-refractivity contribution is -0.386. The molecule has 0 bridgehead atoms. The van der Waals surface area contributed by atoms with Crippen LogP contribution in [0.1, 0.15) is 8.30 Å². The van der Waals surface area contributed by atoms with E-state index in [1.165, 1.54) is 24.3 Å². The van der Waals surface area contributed by atoms with Crippen LogP contribution in [-0.2, 0) is 6.50 Å². The Labute approximate surface area is 56.1 Å². The Hall–Kier alpha value is -0.890. The van der Waals surface area contributed by atoms with E-state index in [1.54, 1.807) is 0 Å². The molecule has 0 fully saturated rings. The van der Waals surface area contributed by atoms with Crippen LogP contribution in [0.15, 0.2) is 24.3 Å². The Morgan fingerprint density at radius 2 is 2.00 bits per heavy atom. The molecule has 0 unspecified atom stereocenters. The zero-order valence-corrected chi connectivity index (χ0v) is 4.89. The number of halogens is 1. The molecule has 1 rings (SSSR count). The van der Waals surface area contributed by atoms with Gasteiger partial charge >= 0.3 is 0 Å². The molecule has 0 amide bonds. The van der Waals surface area contributed by atoms with Crippen LogP contribution in [0, 0.1) is 5.82 Å². The third-order valence-corrected chi connectivity index (χ3v) is 1.05. The lowest BCUT2D eigenvalue weighted by Crippen LogP contribution is -2.47. The van der Waals surface area contributed by atoms with Gasteiger partial charge in [-0.05, 0) is 12.1 Å². The average Bonchev–Trinajstić information content (AvgIpc) is 1.86. The molecule has 1 aromatic rings. The third kappa shape index (κ3) is 1.50. The fraction of sp³-hybridized carbons (Fsp3) is 0.143. The summed E-state index contributed by atoms with van der Waals surface area (Å²) < 4.78 is 26.7. The summed E-state index contributed by atoms with van der Waals surface area (Å²) in [5.41, 5.74) is 3.67. The molecular formula is C7H9FN+. The third-order valence-electron chi connectivity index (χ3n) is 1.05. The van der Waals surface area contributed by atoms with Gasteiger partial charge in [0.15, 0.2) is 0 Å². The SMILES string of the molecule is [2H]C([2H])([NH3+])c1ccc(F)cc1. The molecule has 0 aliphatic rings. The number of hydrogen-bond acceptors (Lipinski definition) is 0. The van der Waals surface area contributed by atoms with E-state index in [0.29, 0.717) is 5.56 Å². The van der Waals surface area contributed by atoms with Gasteiger partial charge in [0.1, 0.15) is 5.82 Å². The maximum atomic E-state index is 12.3. The molecule has 48 valence electrons. The number of quaternary nitrogens is 1. The molecular weight excluding hydrogens is 117 g/mol. The highest BCUT2D eigenvalue weighted by Gasteiger charge is 1.89. The van der Waals surface area contributed by atoms with Crippen molar-refractivity contribution >= 4 is 0 Å². The van der Waals surface area contributed by atoms with Gasteiger partial charge in [-0.15, -0.1) is 0 Å². The summed E-state index contributed by atoms with van der Waals surface area (Å²) in [6, 6.07) is 5.22. The molecule has 2 heteroatoms. The van der Waals surface area contributed by atoms with Crippen molar-refractivity contribution < 1.29 is 12.9 Å². The maximum Gasteiger partial charge on any atom is 0.123 e. The summed E-state index contributed by atoms with van der Waals surface area (Å²) in [4.78, 5) is 0. The van der Waals surface area contributed by atoms with Crippen molar-refractivity contribution in [1.29, 1.82) is 0 Å². The first-order valence-electron chi connectivity index (χ1n) is 3.61. The highest BCUT2D eigenvalue weighted by atomic mass is 19.1. The zero-order valence-electron chi connectivity index (χ0n) is 6.89. The number of hydrogen-bond donors (Lipinski definition) is 1. The Balaban J connectivity index is 2.99. The van der Waals surface area contributed by atoms with E-state index in [0.717, 1.165) is 0 Å². The molecule has 0 aliphatic heterocycles. The van der Waals surface area contributed by atoms with Crippen molar-refractivity contribution in [2.24, 2.45) is 0 Å². The summed E-state index contributed by atoms with van der Waals surface area (Å²) in [5.74, 6) is -0.363. The Bertz CT molecular complexity index is 240. The largest absolute Gasteiger partial charge is 0.354 e. The zero-order chi connectivity index (χ0) is 8.48. The molecule has 1 aromatic carbocycles. The first kappa shape index (κ1) is 4.01. The second-order valence-corrected chi connectivity index (χ2v) is 1.68. The minimum atomic E-state index is -1.63. The van der Waals surface area contributed by atoms with E-state index in [1.807, 2.05) is 0 Å². The van der Waals surface area contributed by atoms with Gasteiger partial charge in [0.25, 0.3) is 0 Å². The molecule has 0 aromatic heterocycles. The fourth-order valence-electron chi connectivity index (χ4n) is 0.568. The van der Waals surface area contributed by atoms with Gasteiger partial charge in [0, 0.05) is 5.56 Å². The van der Waals surface area contributed by atoms with E-state index in [-0.39, 0.29) is 5.82 Å². The maximum absolute atomic E-state index is 12.3. The van der Waals surface area contributed by atoms with E-state index in [9.17, 15) is 4.39 Å². The quantitative estimate of drug-likeness (QED) is 0.572. The number of benzene rings is 1. The van der Waals surface area contributed by atoms with E-state index >= 15 is 0 Å². The predicted molar refractivity (Wildman–Crippen MR) is 33.0 cm³/mol. The van der Waals surface area contributed by atoms with Crippen molar-refractivity contribution in [1.82, 2.24) is 0 Å². The van der Waals surface area contributed by atoms with Crippen LogP contribution in [0.4, 0.5) is 4.39 Å². The van der Waals surface area contributed by atoms with E-state index < -0.39 is 6.50 Å². The molecule has 0 aliphatic carbocycles. The summed E-state index contributed by atoms with van der Waals surface area (Å²) >= 11 is 0. The van der Waals surface area contributed by atoms with Crippen LogP contribution < -0.4 is 5.73 Å². The van der Waals surface area contributed by atoms with Gasteiger partial charge in [-0.25, -0.2) is 4.39 Å². The fourth-order valence-corrected chi connectivity index (χ4v) is 0.568. The lowest BCUT2D eigenvalue weighted by Gasteiger charge is -1.90.